The van der Waals surface area contributed by atoms with Crippen LogP contribution in [0.4, 0.5) is 13.2 Å². The molecule has 150 valence electrons. The number of aliphatic carboxylic acids is 1. The number of aromatic nitrogens is 3. The Morgan fingerprint density at radius 3 is 2.54 bits per heavy atom. The molecule has 7 nitrogen and oxygen atoms in total. The molecule has 1 aliphatic heterocycles. The highest BCUT2D eigenvalue weighted by molar-refractivity contribution is 5.81. The highest BCUT2D eigenvalue weighted by Crippen LogP contribution is 2.29. The van der Waals surface area contributed by atoms with E-state index in [2.05, 4.69) is 10.1 Å². The molecule has 1 fully saturated rings. The van der Waals surface area contributed by atoms with Gasteiger partial charge in [-0.2, -0.15) is 18.3 Å². The number of carbonyl (C=O) groups is 2. The van der Waals surface area contributed by atoms with E-state index < -0.39 is 23.6 Å². The van der Waals surface area contributed by atoms with Crippen molar-refractivity contribution in [2.45, 2.75) is 32.9 Å². The number of carboxylic acid groups (broad SMARTS) is 1. The fourth-order valence-corrected chi connectivity index (χ4v) is 3.28. The van der Waals surface area contributed by atoms with E-state index in [1.165, 1.54) is 15.6 Å². The van der Waals surface area contributed by atoms with Gasteiger partial charge in [0.25, 0.3) is 0 Å². The van der Waals surface area contributed by atoms with Gasteiger partial charge in [0, 0.05) is 30.5 Å². The maximum Gasteiger partial charge on any atom is 0.417 e. The van der Waals surface area contributed by atoms with Gasteiger partial charge in [0.1, 0.15) is 0 Å². The number of likely N-dealkylation sites (tertiary alicyclic amines) is 1. The number of rotatable bonds is 4. The summed E-state index contributed by atoms with van der Waals surface area (Å²) in [5.74, 6) is -1.44. The molecule has 1 saturated heterocycles. The highest BCUT2D eigenvalue weighted by Gasteiger charge is 2.32. The quantitative estimate of drug-likeness (QED) is 0.857. The molecule has 0 saturated carbocycles. The Bertz CT molecular complexity index is 906. The molecule has 0 bridgehead atoms. The van der Waals surface area contributed by atoms with Crippen molar-refractivity contribution < 1.29 is 27.9 Å². The van der Waals surface area contributed by atoms with Gasteiger partial charge in [-0.3, -0.25) is 9.59 Å². The summed E-state index contributed by atoms with van der Waals surface area (Å²) >= 11 is 0. The number of hydrogen-bond donors (Lipinski definition) is 1. The van der Waals surface area contributed by atoms with E-state index in [-0.39, 0.29) is 24.7 Å². The van der Waals surface area contributed by atoms with Crippen molar-refractivity contribution in [3.8, 4) is 5.82 Å². The van der Waals surface area contributed by atoms with Gasteiger partial charge in [-0.25, -0.2) is 9.67 Å². The third-order valence-corrected chi connectivity index (χ3v) is 4.95. The molecule has 1 amide bonds. The van der Waals surface area contributed by atoms with Gasteiger partial charge in [-0.15, -0.1) is 0 Å². The zero-order chi connectivity index (χ0) is 20.6. The summed E-state index contributed by atoms with van der Waals surface area (Å²) in [6.07, 6.45) is -3.26. The summed E-state index contributed by atoms with van der Waals surface area (Å²) in [7, 11) is 0. The predicted octanol–water partition coefficient (Wildman–Crippen LogP) is 2.38. The van der Waals surface area contributed by atoms with Gasteiger partial charge >= 0.3 is 12.1 Å². The van der Waals surface area contributed by atoms with E-state index in [0.717, 1.165) is 12.3 Å². The van der Waals surface area contributed by atoms with Crippen LogP contribution < -0.4 is 0 Å². The van der Waals surface area contributed by atoms with Crippen molar-refractivity contribution in [1.82, 2.24) is 19.7 Å². The van der Waals surface area contributed by atoms with Gasteiger partial charge < -0.3 is 10.0 Å². The summed E-state index contributed by atoms with van der Waals surface area (Å²) in [5.41, 5.74) is 0.981. The normalized spacial score (nSPS) is 17.2. The smallest absolute Gasteiger partial charge is 0.417 e. The monoisotopic (exact) mass is 396 g/mol. The number of pyridine rings is 1. The third-order valence-electron chi connectivity index (χ3n) is 4.95. The second-order valence-corrected chi connectivity index (χ2v) is 6.80. The fourth-order valence-electron chi connectivity index (χ4n) is 3.28. The van der Waals surface area contributed by atoms with Crippen molar-refractivity contribution >= 4 is 11.9 Å². The van der Waals surface area contributed by atoms with Gasteiger partial charge in [0.15, 0.2) is 5.82 Å². The zero-order valence-corrected chi connectivity index (χ0v) is 15.3. The Kier molecular flexibility index (Phi) is 5.14. The van der Waals surface area contributed by atoms with Gasteiger partial charge in [-0.1, -0.05) is 0 Å². The predicted molar refractivity (Wildman–Crippen MR) is 91.9 cm³/mol. The van der Waals surface area contributed by atoms with E-state index in [0.29, 0.717) is 29.9 Å². The van der Waals surface area contributed by atoms with E-state index in [1.807, 2.05) is 0 Å². The van der Waals surface area contributed by atoms with E-state index in [4.69, 9.17) is 5.11 Å². The second kappa shape index (κ2) is 7.25. The molecule has 1 aliphatic rings. The van der Waals surface area contributed by atoms with Crippen molar-refractivity contribution in [3.63, 3.8) is 0 Å². The Morgan fingerprint density at radius 2 is 2.00 bits per heavy atom. The van der Waals surface area contributed by atoms with Crippen LogP contribution in [0.25, 0.3) is 5.82 Å². The van der Waals surface area contributed by atoms with Crippen LogP contribution in [0, 0.1) is 19.8 Å². The number of hydrogen-bond acceptors (Lipinski definition) is 4. The minimum Gasteiger partial charge on any atom is -0.481 e. The molecule has 3 heterocycles. The van der Waals surface area contributed by atoms with Crippen molar-refractivity contribution in [2.24, 2.45) is 5.92 Å². The molecule has 28 heavy (non-hydrogen) atoms. The maximum absolute atomic E-state index is 12.7. The Labute approximate surface area is 158 Å². The average molecular weight is 396 g/mol. The van der Waals surface area contributed by atoms with Crippen molar-refractivity contribution in [2.75, 3.05) is 13.1 Å². The highest BCUT2D eigenvalue weighted by atomic mass is 19.4. The zero-order valence-electron chi connectivity index (χ0n) is 15.3. The van der Waals surface area contributed by atoms with Crippen LogP contribution in [-0.2, 0) is 22.2 Å². The van der Waals surface area contributed by atoms with Crippen molar-refractivity contribution in [1.29, 1.82) is 0 Å². The molecular formula is C18H19F3N4O3. The SMILES string of the molecule is Cc1nn(-c2ccc(C(F)(F)F)cn2)c(C)c1CC(=O)N1CCC(C(=O)O)C1. The molecule has 1 atom stereocenters. The van der Waals surface area contributed by atoms with Crippen LogP contribution in [0.2, 0.25) is 0 Å². The lowest BCUT2D eigenvalue weighted by Crippen LogP contribution is -2.31. The van der Waals surface area contributed by atoms with E-state index in [1.54, 1.807) is 13.8 Å². The summed E-state index contributed by atoms with van der Waals surface area (Å²) in [6, 6.07) is 2.16. The first-order chi connectivity index (χ1) is 13.1. The second-order valence-electron chi connectivity index (χ2n) is 6.80. The van der Waals surface area contributed by atoms with Crippen LogP contribution in [0.3, 0.4) is 0 Å². The summed E-state index contributed by atoms with van der Waals surface area (Å²) in [5, 5.41) is 13.4. The molecule has 1 unspecified atom stereocenters. The molecule has 0 aliphatic carbocycles. The van der Waals surface area contributed by atoms with Gasteiger partial charge in [-0.05, 0) is 32.4 Å². The van der Waals surface area contributed by atoms with E-state index >= 15 is 0 Å². The van der Waals surface area contributed by atoms with Crippen molar-refractivity contribution in [3.05, 3.63) is 40.8 Å². The molecule has 1 N–H and O–H groups in total. The van der Waals surface area contributed by atoms with Crippen LogP contribution in [0.15, 0.2) is 18.3 Å². The van der Waals surface area contributed by atoms with Crippen LogP contribution in [-0.4, -0.2) is 49.7 Å². The minimum atomic E-state index is -4.47. The van der Waals surface area contributed by atoms with Crippen LogP contribution in [0.5, 0.6) is 0 Å². The first-order valence-corrected chi connectivity index (χ1v) is 8.67. The fraction of sp³-hybridized carbons (Fsp3) is 0.444. The first-order valence-electron chi connectivity index (χ1n) is 8.67. The average Bonchev–Trinajstić information content (AvgIpc) is 3.22. The number of nitrogens with zero attached hydrogens (tertiary/aromatic N) is 4. The number of carbonyl (C=O) groups excluding carboxylic acids is 1. The lowest BCUT2D eigenvalue weighted by Gasteiger charge is -2.16. The molecule has 0 spiro atoms. The molecule has 2 aromatic heterocycles. The number of alkyl halides is 3. The topological polar surface area (TPSA) is 88.3 Å². The molecule has 3 rings (SSSR count). The molecular weight excluding hydrogens is 377 g/mol. The van der Waals surface area contributed by atoms with Crippen LogP contribution in [0.1, 0.15) is 28.9 Å². The Hall–Kier alpha value is -2.91. The molecule has 2 aromatic rings. The summed E-state index contributed by atoms with van der Waals surface area (Å²) in [6.45, 7) is 4.00. The number of aryl methyl sites for hydroxylation is 1. The lowest BCUT2D eigenvalue weighted by molar-refractivity contribution is -0.141. The Morgan fingerprint density at radius 1 is 1.29 bits per heavy atom. The van der Waals surface area contributed by atoms with Crippen LogP contribution >= 0.6 is 0 Å². The summed E-state index contributed by atoms with van der Waals surface area (Å²) < 4.78 is 39.5. The number of halogens is 3. The standard InChI is InChI=1S/C18H19F3N4O3/c1-10-14(7-16(26)24-6-5-12(9-24)17(27)28)11(2)25(23-10)15-4-3-13(8-22-15)18(19,20)21/h3-4,8,12H,5-7,9H2,1-2H3,(H,27,28). The van der Waals surface area contributed by atoms with E-state index in [9.17, 15) is 22.8 Å². The first kappa shape index (κ1) is 19.8. The molecule has 10 heteroatoms. The van der Waals surface area contributed by atoms with Gasteiger partial charge in [0.05, 0.1) is 23.6 Å². The lowest BCUT2D eigenvalue weighted by atomic mass is 10.1. The minimum absolute atomic E-state index is 0.0463. The number of carboxylic acids is 1. The summed E-state index contributed by atoms with van der Waals surface area (Å²) in [4.78, 5) is 29.0. The Balaban J connectivity index is 1.79. The molecule has 0 radical (unpaired) electrons. The van der Waals surface area contributed by atoms with Gasteiger partial charge in [0.2, 0.25) is 5.91 Å². The number of amides is 1. The molecule has 0 aromatic carbocycles. The third kappa shape index (κ3) is 3.85. The largest absolute Gasteiger partial charge is 0.481 e. The maximum atomic E-state index is 12.7.